The fraction of sp³-hybridized carbons (Fsp3) is 0.455. The van der Waals surface area contributed by atoms with Crippen molar-refractivity contribution in [1.82, 2.24) is 0 Å². The van der Waals surface area contributed by atoms with Gasteiger partial charge in [-0.2, -0.15) is 0 Å². The van der Waals surface area contributed by atoms with Crippen LogP contribution < -0.4 is 11.5 Å². The number of aryl methyl sites for hydroxylation is 2. The van der Waals surface area contributed by atoms with Crippen molar-refractivity contribution in [3.8, 4) is 0 Å². The van der Waals surface area contributed by atoms with Gasteiger partial charge in [-0.1, -0.05) is 19.1 Å². The highest BCUT2D eigenvalue weighted by Gasteiger charge is 2.06. The van der Waals surface area contributed by atoms with Crippen LogP contribution in [0.15, 0.2) is 12.1 Å². The normalized spacial score (nSPS) is 12.9. The number of benzene rings is 1. The number of nitrogens with two attached hydrogens (primary N) is 2. The Hall–Kier alpha value is -1.02. The van der Waals surface area contributed by atoms with Crippen molar-refractivity contribution < 1.29 is 0 Å². The second-order valence-electron chi connectivity index (χ2n) is 3.71. The highest BCUT2D eigenvalue weighted by molar-refractivity contribution is 5.54. The van der Waals surface area contributed by atoms with Crippen LogP contribution in [0.3, 0.4) is 0 Å². The molecule has 1 aromatic rings. The Morgan fingerprint density at radius 3 is 2.08 bits per heavy atom. The average Bonchev–Trinajstić information content (AvgIpc) is 2.12. The smallest absolute Gasteiger partial charge is 0.0373 e. The van der Waals surface area contributed by atoms with Gasteiger partial charge in [-0.15, -0.1) is 0 Å². The van der Waals surface area contributed by atoms with Crippen LogP contribution in [0.2, 0.25) is 0 Å². The molecule has 2 nitrogen and oxygen atoms in total. The molecule has 0 radical (unpaired) electrons. The third-order valence-corrected chi connectivity index (χ3v) is 2.54. The Balaban J connectivity index is 3.13. The van der Waals surface area contributed by atoms with E-state index in [9.17, 15) is 0 Å². The molecule has 0 saturated heterocycles. The Bertz CT molecular complexity index is 282. The van der Waals surface area contributed by atoms with Crippen molar-refractivity contribution >= 4 is 5.69 Å². The summed E-state index contributed by atoms with van der Waals surface area (Å²) in [5.41, 5.74) is 15.9. The van der Waals surface area contributed by atoms with Gasteiger partial charge < -0.3 is 11.5 Å². The van der Waals surface area contributed by atoms with Gasteiger partial charge in [0.25, 0.3) is 0 Å². The SMILES string of the molecule is Cc1cc(C(C)CN)cc(C)c1N. The fourth-order valence-electron chi connectivity index (χ4n) is 1.43. The van der Waals surface area contributed by atoms with Gasteiger partial charge in [-0.25, -0.2) is 0 Å². The minimum Gasteiger partial charge on any atom is -0.398 e. The summed E-state index contributed by atoms with van der Waals surface area (Å²) < 4.78 is 0. The van der Waals surface area contributed by atoms with Crippen molar-refractivity contribution in [1.29, 1.82) is 0 Å². The molecule has 0 aliphatic rings. The van der Waals surface area contributed by atoms with E-state index < -0.39 is 0 Å². The van der Waals surface area contributed by atoms with Gasteiger partial charge in [-0.3, -0.25) is 0 Å². The van der Waals surface area contributed by atoms with E-state index in [4.69, 9.17) is 11.5 Å². The third-order valence-electron chi connectivity index (χ3n) is 2.54. The van der Waals surface area contributed by atoms with E-state index in [0.717, 1.165) is 16.8 Å². The van der Waals surface area contributed by atoms with Crippen molar-refractivity contribution in [2.45, 2.75) is 26.7 Å². The molecular weight excluding hydrogens is 160 g/mol. The number of rotatable bonds is 2. The molecule has 1 aromatic carbocycles. The zero-order chi connectivity index (χ0) is 10.0. The standard InChI is InChI=1S/C11H18N2/c1-7-4-10(9(3)6-12)5-8(2)11(7)13/h4-5,9H,6,12-13H2,1-3H3. The first-order valence-corrected chi connectivity index (χ1v) is 4.63. The Labute approximate surface area is 79.9 Å². The Morgan fingerprint density at radius 1 is 1.23 bits per heavy atom. The summed E-state index contributed by atoms with van der Waals surface area (Å²) in [7, 11) is 0. The van der Waals surface area contributed by atoms with Gasteiger partial charge in [0.2, 0.25) is 0 Å². The number of hydrogen-bond acceptors (Lipinski definition) is 2. The molecule has 0 spiro atoms. The van der Waals surface area contributed by atoms with Gasteiger partial charge in [0.05, 0.1) is 0 Å². The highest BCUT2D eigenvalue weighted by atomic mass is 14.6. The maximum absolute atomic E-state index is 5.86. The van der Waals surface area contributed by atoms with E-state index in [1.54, 1.807) is 0 Å². The molecule has 13 heavy (non-hydrogen) atoms. The van der Waals surface area contributed by atoms with Crippen molar-refractivity contribution in [2.24, 2.45) is 5.73 Å². The topological polar surface area (TPSA) is 52.0 Å². The van der Waals surface area contributed by atoms with E-state index in [1.165, 1.54) is 5.56 Å². The number of hydrogen-bond donors (Lipinski definition) is 2. The first-order chi connectivity index (χ1) is 6.06. The molecule has 0 bridgehead atoms. The molecule has 1 atom stereocenters. The number of nitrogen functional groups attached to an aromatic ring is 1. The monoisotopic (exact) mass is 178 g/mol. The Kier molecular flexibility index (Phi) is 2.94. The summed E-state index contributed by atoms with van der Waals surface area (Å²) in [6.07, 6.45) is 0. The fourth-order valence-corrected chi connectivity index (χ4v) is 1.43. The summed E-state index contributed by atoms with van der Waals surface area (Å²) in [5, 5.41) is 0. The summed E-state index contributed by atoms with van der Waals surface area (Å²) >= 11 is 0. The second-order valence-corrected chi connectivity index (χ2v) is 3.71. The lowest BCUT2D eigenvalue weighted by atomic mass is 9.96. The van der Waals surface area contributed by atoms with Crippen molar-refractivity contribution in [3.63, 3.8) is 0 Å². The summed E-state index contributed by atoms with van der Waals surface area (Å²) in [6.45, 7) is 6.89. The molecule has 0 fully saturated rings. The van der Waals surface area contributed by atoms with Crippen LogP contribution in [0.1, 0.15) is 29.5 Å². The van der Waals surface area contributed by atoms with Crippen molar-refractivity contribution in [3.05, 3.63) is 28.8 Å². The van der Waals surface area contributed by atoms with Crippen LogP contribution in [-0.4, -0.2) is 6.54 Å². The molecule has 0 amide bonds. The van der Waals surface area contributed by atoms with Crippen LogP contribution in [0, 0.1) is 13.8 Å². The van der Waals surface area contributed by atoms with Crippen LogP contribution in [-0.2, 0) is 0 Å². The largest absolute Gasteiger partial charge is 0.398 e. The predicted octanol–water partition coefficient (Wildman–Crippen LogP) is 1.95. The zero-order valence-electron chi connectivity index (χ0n) is 8.59. The van der Waals surface area contributed by atoms with Crippen LogP contribution >= 0.6 is 0 Å². The first-order valence-electron chi connectivity index (χ1n) is 4.63. The third kappa shape index (κ3) is 2.01. The zero-order valence-corrected chi connectivity index (χ0v) is 8.59. The molecule has 0 aromatic heterocycles. The Morgan fingerprint density at radius 2 is 1.69 bits per heavy atom. The maximum Gasteiger partial charge on any atom is 0.0373 e. The van der Waals surface area contributed by atoms with Gasteiger partial charge in [-0.05, 0) is 43.0 Å². The van der Waals surface area contributed by atoms with Gasteiger partial charge >= 0.3 is 0 Å². The molecule has 0 saturated carbocycles. The highest BCUT2D eigenvalue weighted by Crippen LogP contribution is 2.23. The quantitative estimate of drug-likeness (QED) is 0.680. The van der Waals surface area contributed by atoms with Gasteiger partial charge in [0, 0.05) is 5.69 Å². The van der Waals surface area contributed by atoms with Crippen LogP contribution in [0.4, 0.5) is 5.69 Å². The summed E-state index contributed by atoms with van der Waals surface area (Å²) in [5.74, 6) is 0.415. The maximum atomic E-state index is 5.86. The van der Waals surface area contributed by atoms with E-state index in [-0.39, 0.29) is 0 Å². The lowest BCUT2D eigenvalue weighted by molar-refractivity contribution is 0.772. The minimum atomic E-state index is 0.415. The van der Waals surface area contributed by atoms with E-state index in [2.05, 4.69) is 19.1 Å². The number of anilines is 1. The summed E-state index contributed by atoms with van der Waals surface area (Å²) in [4.78, 5) is 0. The molecule has 0 heterocycles. The van der Waals surface area contributed by atoms with E-state index in [1.807, 2.05) is 13.8 Å². The molecule has 1 rings (SSSR count). The molecule has 0 aliphatic carbocycles. The average molecular weight is 178 g/mol. The predicted molar refractivity (Wildman–Crippen MR) is 57.8 cm³/mol. The van der Waals surface area contributed by atoms with Gasteiger partial charge in [0.1, 0.15) is 0 Å². The minimum absolute atomic E-state index is 0.415. The van der Waals surface area contributed by atoms with Gasteiger partial charge in [0.15, 0.2) is 0 Å². The molecule has 0 aliphatic heterocycles. The first kappa shape index (κ1) is 10.1. The lowest BCUT2D eigenvalue weighted by Crippen LogP contribution is -2.09. The van der Waals surface area contributed by atoms with E-state index in [0.29, 0.717) is 12.5 Å². The molecule has 1 unspecified atom stereocenters. The lowest BCUT2D eigenvalue weighted by Gasteiger charge is -2.13. The van der Waals surface area contributed by atoms with Crippen molar-refractivity contribution in [2.75, 3.05) is 12.3 Å². The molecule has 2 heteroatoms. The van der Waals surface area contributed by atoms with Crippen LogP contribution in [0.5, 0.6) is 0 Å². The molecular formula is C11H18N2. The molecule has 4 N–H and O–H groups in total. The van der Waals surface area contributed by atoms with E-state index >= 15 is 0 Å². The molecule has 72 valence electrons. The van der Waals surface area contributed by atoms with Crippen LogP contribution in [0.25, 0.3) is 0 Å². The second kappa shape index (κ2) is 3.79. The summed E-state index contributed by atoms with van der Waals surface area (Å²) in [6, 6.07) is 4.25.